The van der Waals surface area contributed by atoms with Gasteiger partial charge in [-0.25, -0.2) is 4.98 Å². The van der Waals surface area contributed by atoms with Crippen LogP contribution in [0.1, 0.15) is 22.6 Å². The van der Waals surface area contributed by atoms with Crippen LogP contribution in [0.25, 0.3) is 11.6 Å². The quantitative estimate of drug-likeness (QED) is 0.724. The molecule has 1 aliphatic rings. The molecule has 3 aromatic rings. The average molecular weight is 316 g/mol. The number of anilines is 1. The van der Waals surface area contributed by atoms with E-state index in [2.05, 4.69) is 20.9 Å². The predicted molar refractivity (Wildman–Crippen MR) is 90.4 cm³/mol. The number of pyridine rings is 1. The van der Waals surface area contributed by atoms with E-state index < -0.39 is 0 Å². The lowest BCUT2D eigenvalue weighted by Gasteiger charge is -2.27. The van der Waals surface area contributed by atoms with Crippen molar-refractivity contribution in [2.45, 2.75) is 19.9 Å². The maximum absolute atomic E-state index is 9.07. The maximum Gasteiger partial charge on any atom is 0.245 e. The van der Waals surface area contributed by atoms with Crippen LogP contribution in [0.3, 0.4) is 0 Å². The topological polar surface area (TPSA) is 66.0 Å². The molecule has 0 saturated carbocycles. The van der Waals surface area contributed by atoms with Crippen LogP contribution in [0, 0.1) is 18.3 Å². The lowest BCUT2D eigenvalue weighted by Crippen LogP contribution is -2.29. The SMILES string of the molecule is Cc1ccnc(-c2nc3c(o2)CN(c2cccc(C#N)c2)CC3)c1. The Bertz CT molecular complexity index is 939. The van der Waals surface area contributed by atoms with Crippen LogP contribution in [-0.4, -0.2) is 16.5 Å². The van der Waals surface area contributed by atoms with Crippen molar-refractivity contribution in [2.75, 3.05) is 11.4 Å². The second-order valence-corrected chi connectivity index (χ2v) is 5.94. The van der Waals surface area contributed by atoms with Gasteiger partial charge in [0.25, 0.3) is 0 Å². The normalized spacial score (nSPS) is 13.4. The first kappa shape index (κ1) is 14.5. The smallest absolute Gasteiger partial charge is 0.245 e. The average Bonchev–Trinajstić information content (AvgIpc) is 3.05. The van der Waals surface area contributed by atoms with E-state index in [0.717, 1.165) is 41.4 Å². The van der Waals surface area contributed by atoms with E-state index in [0.29, 0.717) is 18.0 Å². The summed E-state index contributed by atoms with van der Waals surface area (Å²) in [5, 5.41) is 9.07. The molecule has 5 heteroatoms. The predicted octanol–water partition coefficient (Wildman–Crippen LogP) is 3.48. The summed E-state index contributed by atoms with van der Waals surface area (Å²) in [5.74, 6) is 1.46. The minimum atomic E-state index is 0.580. The van der Waals surface area contributed by atoms with Gasteiger partial charge in [0.2, 0.25) is 5.89 Å². The number of nitriles is 1. The molecule has 0 atom stereocenters. The third kappa shape index (κ3) is 2.63. The van der Waals surface area contributed by atoms with E-state index >= 15 is 0 Å². The van der Waals surface area contributed by atoms with Crippen LogP contribution in [0.5, 0.6) is 0 Å². The molecule has 0 unspecified atom stereocenters. The summed E-state index contributed by atoms with van der Waals surface area (Å²) in [6.07, 6.45) is 2.59. The molecule has 5 nitrogen and oxygen atoms in total. The number of hydrogen-bond donors (Lipinski definition) is 0. The van der Waals surface area contributed by atoms with E-state index in [1.54, 1.807) is 6.20 Å². The zero-order chi connectivity index (χ0) is 16.5. The molecular weight excluding hydrogens is 300 g/mol. The molecule has 2 aromatic heterocycles. The zero-order valence-corrected chi connectivity index (χ0v) is 13.4. The van der Waals surface area contributed by atoms with Gasteiger partial charge in [-0.1, -0.05) is 6.07 Å². The third-order valence-electron chi connectivity index (χ3n) is 4.21. The molecule has 4 rings (SSSR count). The lowest BCUT2D eigenvalue weighted by atomic mass is 10.1. The first-order valence-corrected chi connectivity index (χ1v) is 7.89. The van der Waals surface area contributed by atoms with Gasteiger partial charge in [0, 0.05) is 24.8 Å². The van der Waals surface area contributed by atoms with Crippen molar-refractivity contribution in [2.24, 2.45) is 0 Å². The summed E-state index contributed by atoms with van der Waals surface area (Å²) < 4.78 is 5.98. The highest BCUT2D eigenvalue weighted by Crippen LogP contribution is 2.28. The molecule has 3 heterocycles. The highest BCUT2D eigenvalue weighted by atomic mass is 16.4. The van der Waals surface area contributed by atoms with Gasteiger partial charge >= 0.3 is 0 Å². The number of nitrogens with zero attached hydrogens (tertiary/aromatic N) is 4. The molecule has 1 aliphatic heterocycles. The van der Waals surface area contributed by atoms with Crippen LogP contribution in [-0.2, 0) is 13.0 Å². The van der Waals surface area contributed by atoms with E-state index in [1.165, 1.54) is 0 Å². The standard InChI is InChI=1S/C19H16N4O/c1-13-5-7-21-17(9-13)19-22-16-6-8-23(12-18(16)24-19)15-4-2-3-14(10-15)11-20/h2-5,7,9-10H,6,8,12H2,1H3. The molecule has 24 heavy (non-hydrogen) atoms. The Morgan fingerprint density at radius 1 is 1.25 bits per heavy atom. The molecule has 0 saturated heterocycles. The molecule has 0 N–H and O–H groups in total. The summed E-state index contributed by atoms with van der Waals surface area (Å²) in [6, 6.07) is 13.8. The van der Waals surface area contributed by atoms with E-state index in [-0.39, 0.29) is 0 Å². The van der Waals surface area contributed by atoms with Gasteiger partial charge in [0.15, 0.2) is 0 Å². The van der Waals surface area contributed by atoms with Crippen LogP contribution < -0.4 is 4.90 Å². The van der Waals surface area contributed by atoms with Gasteiger partial charge < -0.3 is 9.32 Å². The fourth-order valence-electron chi connectivity index (χ4n) is 2.95. The molecule has 0 bridgehead atoms. The lowest BCUT2D eigenvalue weighted by molar-refractivity contribution is 0.494. The Labute approximate surface area is 140 Å². The third-order valence-corrected chi connectivity index (χ3v) is 4.21. The highest BCUT2D eigenvalue weighted by molar-refractivity contribution is 5.54. The molecule has 0 amide bonds. The number of hydrogen-bond acceptors (Lipinski definition) is 5. The molecule has 0 radical (unpaired) electrons. The van der Waals surface area contributed by atoms with Crippen LogP contribution in [0.2, 0.25) is 0 Å². The number of fused-ring (bicyclic) bond motifs is 1. The second-order valence-electron chi connectivity index (χ2n) is 5.94. The zero-order valence-electron chi connectivity index (χ0n) is 13.4. The number of oxazole rings is 1. The van der Waals surface area contributed by atoms with Gasteiger partial charge in [0.1, 0.15) is 11.5 Å². The Balaban J connectivity index is 1.63. The van der Waals surface area contributed by atoms with Crippen molar-refractivity contribution in [1.29, 1.82) is 5.26 Å². The summed E-state index contributed by atoms with van der Waals surface area (Å²) in [7, 11) is 0. The summed E-state index contributed by atoms with van der Waals surface area (Å²) in [5.41, 5.74) is 4.60. The largest absolute Gasteiger partial charge is 0.438 e. The van der Waals surface area contributed by atoms with Gasteiger partial charge in [0.05, 0.1) is 23.9 Å². The maximum atomic E-state index is 9.07. The monoisotopic (exact) mass is 316 g/mol. The molecule has 0 fully saturated rings. The number of aryl methyl sites for hydroxylation is 1. The molecule has 118 valence electrons. The fourth-order valence-corrected chi connectivity index (χ4v) is 2.95. The van der Waals surface area contributed by atoms with Crippen molar-refractivity contribution >= 4 is 5.69 Å². The van der Waals surface area contributed by atoms with Crippen molar-refractivity contribution in [3.05, 3.63) is 65.2 Å². The minimum Gasteiger partial charge on any atom is -0.438 e. The summed E-state index contributed by atoms with van der Waals surface area (Å²) in [4.78, 5) is 11.2. The number of rotatable bonds is 2. The van der Waals surface area contributed by atoms with Crippen LogP contribution >= 0.6 is 0 Å². The summed E-state index contributed by atoms with van der Waals surface area (Å²) in [6.45, 7) is 3.54. The first-order valence-electron chi connectivity index (χ1n) is 7.89. The van der Waals surface area contributed by atoms with Gasteiger partial charge in [-0.05, 0) is 42.8 Å². The summed E-state index contributed by atoms with van der Waals surface area (Å²) >= 11 is 0. The van der Waals surface area contributed by atoms with Crippen molar-refractivity contribution in [3.63, 3.8) is 0 Å². The van der Waals surface area contributed by atoms with Gasteiger partial charge in [-0.15, -0.1) is 0 Å². The Hall–Kier alpha value is -3.13. The van der Waals surface area contributed by atoms with E-state index in [4.69, 9.17) is 9.68 Å². The van der Waals surface area contributed by atoms with Crippen molar-refractivity contribution in [3.8, 4) is 17.7 Å². The van der Waals surface area contributed by atoms with E-state index in [1.807, 2.05) is 43.3 Å². The Morgan fingerprint density at radius 2 is 2.17 bits per heavy atom. The van der Waals surface area contributed by atoms with Crippen LogP contribution in [0.15, 0.2) is 47.0 Å². The van der Waals surface area contributed by atoms with Crippen LogP contribution in [0.4, 0.5) is 5.69 Å². The fraction of sp³-hybridized carbons (Fsp3) is 0.211. The van der Waals surface area contributed by atoms with Crippen molar-refractivity contribution in [1.82, 2.24) is 9.97 Å². The van der Waals surface area contributed by atoms with Gasteiger partial charge in [-0.3, -0.25) is 4.98 Å². The highest BCUT2D eigenvalue weighted by Gasteiger charge is 2.23. The minimum absolute atomic E-state index is 0.580. The Morgan fingerprint density at radius 3 is 3.00 bits per heavy atom. The van der Waals surface area contributed by atoms with Crippen molar-refractivity contribution < 1.29 is 4.42 Å². The number of aromatic nitrogens is 2. The molecule has 0 aliphatic carbocycles. The number of benzene rings is 1. The molecule has 1 aromatic carbocycles. The molecule has 0 spiro atoms. The van der Waals surface area contributed by atoms with E-state index in [9.17, 15) is 0 Å². The Kier molecular flexibility index (Phi) is 3.51. The van der Waals surface area contributed by atoms with Gasteiger partial charge in [-0.2, -0.15) is 5.26 Å². The first-order chi connectivity index (χ1) is 11.7. The molecular formula is C19H16N4O. The second kappa shape index (κ2) is 5.82.